The summed E-state index contributed by atoms with van der Waals surface area (Å²) in [5.41, 5.74) is 1.51. The second-order valence-electron chi connectivity index (χ2n) is 9.99. The summed E-state index contributed by atoms with van der Waals surface area (Å²) in [6.45, 7) is 5.16. The van der Waals surface area contributed by atoms with Gasteiger partial charge in [-0.3, -0.25) is 9.78 Å². The highest BCUT2D eigenvalue weighted by atomic mass is 35.5. The average molecular weight is 587 g/mol. The number of furan rings is 1. The van der Waals surface area contributed by atoms with Crippen molar-refractivity contribution in [1.29, 1.82) is 0 Å². The van der Waals surface area contributed by atoms with Crippen LogP contribution in [0.4, 0.5) is 16.6 Å². The third kappa shape index (κ3) is 5.77. The van der Waals surface area contributed by atoms with E-state index in [4.69, 9.17) is 19.1 Å². The molecule has 1 amide bonds. The van der Waals surface area contributed by atoms with Crippen LogP contribution in [-0.4, -0.2) is 82.7 Å². The summed E-state index contributed by atoms with van der Waals surface area (Å²) in [6, 6.07) is 9.00. The lowest BCUT2D eigenvalue weighted by atomic mass is 9.94. The van der Waals surface area contributed by atoms with Gasteiger partial charge in [0.25, 0.3) is 5.91 Å². The summed E-state index contributed by atoms with van der Waals surface area (Å²) in [4.78, 5) is 31.2. The van der Waals surface area contributed by atoms with Gasteiger partial charge in [-0.15, -0.1) is 12.4 Å². The van der Waals surface area contributed by atoms with Crippen LogP contribution in [0.1, 0.15) is 29.1 Å². The summed E-state index contributed by atoms with van der Waals surface area (Å²) < 4.78 is 12.2. The van der Waals surface area contributed by atoms with Gasteiger partial charge < -0.3 is 34.5 Å². The molecular formula is C27H31ClN6O5S. The molecule has 2 fully saturated rings. The molecular weight excluding hydrogens is 556 g/mol. The summed E-state index contributed by atoms with van der Waals surface area (Å²) in [5.74, 6) is 0.815. The number of rotatable bonds is 6. The van der Waals surface area contributed by atoms with Crippen molar-refractivity contribution < 1.29 is 24.2 Å². The van der Waals surface area contributed by atoms with Crippen molar-refractivity contribution in [2.24, 2.45) is 0 Å². The number of halogens is 1. The lowest BCUT2D eigenvalue weighted by Gasteiger charge is -2.39. The molecule has 13 heteroatoms. The van der Waals surface area contributed by atoms with Crippen molar-refractivity contribution in [3.63, 3.8) is 0 Å². The Balaban J connectivity index is 0.00000323. The van der Waals surface area contributed by atoms with Gasteiger partial charge in [-0.05, 0) is 50.1 Å². The Hall–Kier alpha value is -3.29. The van der Waals surface area contributed by atoms with Crippen LogP contribution in [0, 0.1) is 6.92 Å². The molecule has 212 valence electrons. The number of nitrogens with zero attached hydrogens (tertiary/aromatic N) is 5. The van der Waals surface area contributed by atoms with Crippen LogP contribution in [0.15, 0.2) is 40.9 Å². The van der Waals surface area contributed by atoms with Gasteiger partial charge in [0, 0.05) is 37.1 Å². The standard InChI is InChI=1S/C27H30N6O5S.ClH/c1-17-13-18(5-7-28-17)20-3-4-21(38-20)25(35)29-19-14-22-23(31-26(39-22)32-9-11-37-12-10-32)30-24(19)33-8-2-6-27(36,15-33)16-34;/h3-5,7,13-14,34,36H,2,6,8-12,15-16H2,1H3,(H,29,35);1H. The van der Waals surface area contributed by atoms with Crippen molar-refractivity contribution in [3.8, 4) is 11.3 Å². The number of hydrogen-bond acceptors (Lipinski definition) is 11. The summed E-state index contributed by atoms with van der Waals surface area (Å²) in [7, 11) is 0. The van der Waals surface area contributed by atoms with E-state index < -0.39 is 11.5 Å². The maximum atomic E-state index is 13.3. The minimum atomic E-state index is -1.24. The Labute approximate surface area is 241 Å². The molecule has 0 spiro atoms. The first-order valence-electron chi connectivity index (χ1n) is 13.0. The van der Waals surface area contributed by atoms with E-state index in [1.807, 2.05) is 30.0 Å². The van der Waals surface area contributed by atoms with Crippen molar-refractivity contribution in [3.05, 3.63) is 48.0 Å². The number of morpholine rings is 1. The van der Waals surface area contributed by atoms with Gasteiger partial charge in [0.15, 0.2) is 22.4 Å². The lowest BCUT2D eigenvalue weighted by molar-refractivity contribution is -0.0242. The van der Waals surface area contributed by atoms with E-state index in [0.29, 0.717) is 55.5 Å². The first-order chi connectivity index (χ1) is 18.9. The molecule has 1 unspecified atom stereocenters. The summed E-state index contributed by atoms with van der Waals surface area (Å²) >= 11 is 1.51. The molecule has 4 aromatic rings. The van der Waals surface area contributed by atoms with Crippen molar-refractivity contribution >= 4 is 56.6 Å². The molecule has 11 nitrogen and oxygen atoms in total. The lowest BCUT2D eigenvalue weighted by Crippen LogP contribution is -2.51. The highest BCUT2D eigenvalue weighted by Crippen LogP contribution is 2.37. The van der Waals surface area contributed by atoms with Gasteiger partial charge in [0.05, 0.1) is 36.8 Å². The normalized spacial score (nSPS) is 19.5. The smallest absolute Gasteiger partial charge is 0.291 e. The van der Waals surface area contributed by atoms with E-state index in [0.717, 1.165) is 34.2 Å². The number of anilines is 3. The predicted octanol–water partition coefficient (Wildman–Crippen LogP) is 3.49. The second kappa shape index (κ2) is 11.7. The zero-order valence-electron chi connectivity index (χ0n) is 22.0. The zero-order valence-corrected chi connectivity index (χ0v) is 23.6. The fourth-order valence-corrected chi connectivity index (χ4v) is 5.99. The molecule has 0 aliphatic carbocycles. The Kier molecular flexibility index (Phi) is 8.24. The molecule has 6 heterocycles. The van der Waals surface area contributed by atoms with Crippen LogP contribution in [0.25, 0.3) is 21.7 Å². The number of hydrogen-bond donors (Lipinski definition) is 3. The van der Waals surface area contributed by atoms with E-state index in [2.05, 4.69) is 15.2 Å². The second-order valence-corrected chi connectivity index (χ2v) is 11.0. The monoisotopic (exact) mass is 586 g/mol. The number of ether oxygens (including phenoxy) is 1. The number of aliphatic hydroxyl groups excluding tert-OH is 1. The van der Waals surface area contributed by atoms with Crippen LogP contribution in [0.5, 0.6) is 0 Å². The molecule has 1 atom stereocenters. The number of amides is 1. The number of fused-ring (bicyclic) bond motifs is 1. The summed E-state index contributed by atoms with van der Waals surface area (Å²) in [6.07, 6.45) is 2.87. The SMILES string of the molecule is Cc1cc(-c2ccc(C(=O)Nc3cc4sc(N5CCOCC5)nc4nc3N3CCCC(O)(CO)C3)o2)ccn1.Cl. The number of thiazole rings is 1. The molecule has 2 aliphatic rings. The fourth-order valence-electron chi connectivity index (χ4n) is 4.99. The number of pyridine rings is 2. The highest BCUT2D eigenvalue weighted by molar-refractivity contribution is 7.22. The van der Waals surface area contributed by atoms with E-state index in [9.17, 15) is 15.0 Å². The largest absolute Gasteiger partial charge is 0.451 e. The third-order valence-electron chi connectivity index (χ3n) is 7.04. The minimum absolute atomic E-state index is 0. The van der Waals surface area contributed by atoms with E-state index in [1.54, 1.807) is 18.3 Å². The van der Waals surface area contributed by atoms with Gasteiger partial charge in [0.1, 0.15) is 11.4 Å². The first kappa shape index (κ1) is 28.2. The van der Waals surface area contributed by atoms with Crippen molar-refractivity contribution in [2.45, 2.75) is 25.4 Å². The number of carbonyl (C=O) groups is 1. The fraction of sp³-hybridized carbons (Fsp3) is 0.407. The van der Waals surface area contributed by atoms with Crippen molar-refractivity contribution in [1.82, 2.24) is 15.0 Å². The topological polar surface area (TPSA) is 137 Å². The number of aromatic nitrogens is 3. The zero-order chi connectivity index (χ0) is 27.0. The van der Waals surface area contributed by atoms with Crippen LogP contribution in [0.3, 0.4) is 0 Å². The van der Waals surface area contributed by atoms with Crippen LogP contribution in [-0.2, 0) is 4.74 Å². The van der Waals surface area contributed by atoms with Crippen LogP contribution >= 0.6 is 23.7 Å². The number of piperidine rings is 1. The van der Waals surface area contributed by atoms with E-state index >= 15 is 0 Å². The number of aryl methyl sites for hydroxylation is 1. The van der Waals surface area contributed by atoms with Crippen molar-refractivity contribution in [2.75, 3.05) is 61.1 Å². The van der Waals surface area contributed by atoms with Gasteiger partial charge in [0.2, 0.25) is 0 Å². The van der Waals surface area contributed by atoms with Crippen LogP contribution < -0.4 is 15.1 Å². The molecule has 3 N–H and O–H groups in total. The van der Waals surface area contributed by atoms with Gasteiger partial charge in [-0.1, -0.05) is 11.3 Å². The predicted molar refractivity (Wildman–Crippen MR) is 156 cm³/mol. The first-order valence-corrected chi connectivity index (χ1v) is 13.8. The number of aliphatic hydroxyl groups is 2. The minimum Gasteiger partial charge on any atom is -0.451 e. The average Bonchev–Trinajstić information content (AvgIpc) is 3.61. The molecule has 0 bridgehead atoms. The molecule has 6 rings (SSSR count). The Morgan fingerprint density at radius 1 is 1.15 bits per heavy atom. The molecule has 40 heavy (non-hydrogen) atoms. The maximum Gasteiger partial charge on any atom is 0.291 e. The highest BCUT2D eigenvalue weighted by Gasteiger charge is 2.34. The summed E-state index contributed by atoms with van der Waals surface area (Å²) in [5, 5.41) is 24.5. The van der Waals surface area contributed by atoms with Gasteiger partial charge in [-0.2, -0.15) is 4.98 Å². The number of nitrogens with one attached hydrogen (secondary N) is 1. The quantitative estimate of drug-likeness (QED) is 0.308. The van der Waals surface area contributed by atoms with Gasteiger partial charge >= 0.3 is 0 Å². The molecule has 0 saturated carbocycles. The molecule has 0 aromatic carbocycles. The van der Waals surface area contributed by atoms with E-state index in [-0.39, 0.29) is 31.3 Å². The van der Waals surface area contributed by atoms with E-state index in [1.165, 1.54) is 11.3 Å². The number of carbonyl (C=O) groups excluding carboxylic acids is 1. The molecule has 4 aromatic heterocycles. The molecule has 2 aliphatic heterocycles. The number of β-amino-alcohol motifs (C(OH)–C–C–N with tert-alkyl or cyclic N) is 1. The third-order valence-corrected chi connectivity index (χ3v) is 8.09. The molecule has 2 saturated heterocycles. The maximum absolute atomic E-state index is 13.3. The Morgan fingerprint density at radius 2 is 1.98 bits per heavy atom. The van der Waals surface area contributed by atoms with Crippen LogP contribution in [0.2, 0.25) is 0 Å². The van der Waals surface area contributed by atoms with Gasteiger partial charge in [-0.25, -0.2) is 4.98 Å². The Morgan fingerprint density at radius 3 is 2.75 bits per heavy atom. The Bertz CT molecular complexity index is 1510. The molecule has 0 radical (unpaired) electrons.